The molecule has 194 valence electrons. The van der Waals surface area contributed by atoms with E-state index in [9.17, 15) is 4.39 Å². The van der Waals surface area contributed by atoms with Gasteiger partial charge in [0.05, 0.1) is 0 Å². The highest BCUT2D eigenvalue weighted by atomic mass is 32.1. The maximum Gasteiger partial charge on any atom is 0.232 e. The Hall–Kier alpha value is -2.48. The van der Waals surface area contributed by atoms with Crippen LogP contribution in [-0.2, 0) is 5.41 Å². The molecule has 1 aromatic carbocycles. The first kappa shape index (κ1) is 25.2. The lowest BCUT2D eigenvalue weighted by Gasteiger charge is -2.34. The summed E-state index contributed by atoms with van der Waals surface area (Å²) in [4.78, 5) is 14.6. The van der Waals surface area contributed by atoms with Gasteiger partial charge in [-0.15, -0.1) is 0 Å². The van der Waals surface area contributed by atoms with Crippen LogP contribution in [-0.4, -0.2) is 47.8 Å². The molecule has 3 aliphatic rings. The van der Waals surface area contributed by atoms with Crippen LogP contribution < -0.4 is 20.4 Å². The Morgan fingerprint density at radius 3 is 2.33 bits per heavy atom. The van der Waals surface area contributed by atoms with E-state index < -0.39 is 0 Å². The smallest absolute Gasteiger partial charge is 0.232 e. The number of nitrogens with one attached hydrogen (secondary N) is 2. The second-order valence-electron chi connectivity index (χ2n) is 11.0. The maximum absolute atomic E-state index is 13.5. The molecule has 0 spiro atoms. The summed E-state index contributed by atoms with van der Waals surface area (Å²) in [5, 5.41) is 7.29. The van der Waals surface area contributed by atoms with Crippen molar-refractivity contribution in [3.8, 4) is 0 Å². The molecule has 8 heteroatoms. The SMILES string of the molecule is CC1CCCN(c2cc(N3CCCCC3)nc(NC(=S)NCC3(c4ccc(F)cc4)CCCC3)n2)C1. The van der Waals surface area contributed by atoms with Gasteiger partial charge in [0.25, 0.3) is 0 Å². The lowest BCUT2D eigenvalue weighted by molar-refractivity contribution is 0.434. The predicted octanol–water partition coefficient (Wildman–Crippen LogP) is 5.64. The summed E-state index contributed by atoms with van der Waals surface area (Å²) < 4.78 is 13.5. The molecule has 0 bridgehead atoms. The lowest BCUT2D eigenvalue weighted by atomic mass is 9.79. The van der Waals surface area contributed by atoms with Crippen LogP contribution in [0.2, 0.25) is 0 Å². The molecule has 3 heterocycles. The Bertz CT molecular complexity index is 1030. The van der Waals surface area contributed by atoms with E-state index in [1.54, 1.807) is 12.1 Å². The van der Waals surface area contributed by atoms with Crippen molar-refractivity contribution in [2.45, 2.75) is 70.1 Å². The molecule has 5 rings (SSSR count). The van der Waals surface area contributed by atoms with Crippen LogP contribution in [0.4, 0.5) is 22.0 Å². The molecular weight excluding hydrogens is 471 g/mol. The van der Waals surface area contributed by atoms with E-state index in [2.05, 4.69) is 33.4 Å². The quantitative estimate of drug-likeness (QED) is 0.488. The molecular formula is C28H39FN6S. The molecule has 3 fully saturated rings. The van der Waals surface area contributed by atoms with Crippen molar-refractivity contribution in [3.63, 3.8) is 0 Å². The normalized spacial score (nSPS) is 21.9. The molecule has 1 aliphatic carbocycles. The van der Waals surface area contributed by atoms with Crippen molar-refractivity contribution in [1.82, 2.24) is 15.3 Å². The van der Waals surface area contributed by atoms with Crippen LogP contribution >= 0.6 is 12.2 Å². The first-order chi connectivity index (χ1) is 17.5. The maximum atomic E-state index is 13.5. The van der Waals surface area contributed by atoms with Gasteiger partial charge in [0, 0.05) is 44.2 Å². The molecule has 1 atom stereocenters. The summed E-state index contributed by atoms with van der Waals surface area (Å²) >= 11 is 5.72. The fourth-order valence-corrected chi connectivity index (χ4v) is 6.30. The molecule has 2 aliphatic heterocycles. The van der Waals surface area contributed by atoms with Crippen LogP contribution in [0.1, 0.15) is 70.3 Å². The Labute approximate surface area is 220 Å². The average Bonchev–Trinajstić information content (AvgIpc) is 3.38. The highest BCUT2D eigenvalue weighted by molar-refractivity contribution is 7.80. The summed E-state index contributed by atoms with van der Waals surface area (Å²) in [5.41, 5.74) is 1.16. The zero-order valence-electron chi connectivity index (χ0n) is 21.4. The minimum absolute atomic E-state index is 0.0228. The van der Waals surface area contributed by atoms with Crippen molar-refractivity contribution in [2.75, 3.05) is 47.8 Å². The summed E-state index contributed by atoms with van der Waals surface area (Å²) in [6, 6.07) is 9.14. The van der Waals surface area contributed by atoms with Crippen LogP contribution in [0.15, 0.2) is 30.3 Å². The first-order valence-corrected chi connectivity index (χ1v) is 14.1. The average molecular weight is 511 g/mol. The van der Waals surface area contributed by atoms with Crippen molar-refractivity contribution in [2.24, 2.45) is 5.92 Å². The number of hydrogen-bond acceptors (Lipinski definition) is 5. The van der Waals surface area contributed by atoms with Gasteiger partial charge < -0.3 is 20.4 Å². The standard InChI is InChI=1S/C28H39FN6S/c1-21-8-7-17-35(19-21)25-18-24(34-15-5-2-6-16-34)31-26(32-25)33-27(36)30-20-28(13-3-4-14-28)22-9-11-23(29)12-10-22/h9-12,18,21H,2-8,13-17,19-20H2,1H3,(H2,30,31,32,33,36). The molecule has 0 amide bonds. The molecule has 0 radical (unpaired) electrons. The zero-order valence-corrected chi connectivity index (χ0v) is 22.3. The molecule has 36 heavy (non-hydrogen) atoms. The molecule has 6 nitrogen and oxygen atoms in total. The van der Waals surface area contributed by atoms with Gasteiger partial charge in [-0.25, -0.2) is 4.39 Å². The number of piperidine rings is 2. The van der Waals surface area contributed by atoms with Gasteiger partial charge in [-0.1, -0.05) is 31.9 Å². The minimum Gasteiger partial charge on any atom is -0.361 e. The molecule has 2 saturated heterocycles. The number of thiocarbonyl (C=S) groups is 1. The second-order valence-corrected chi connectivity index (χ2v) is 11.4. The van der Waals surface area contributed by atoms with Gasteiger partial charge in [-0.2, -0.15) is 9.97 Å². The van der Waals surface area contributed by atoms with Gasteiger partial charge in [0.2, 0.25) is 5.95 Å². The van der Waals surface area contributed by atoms with E-state index in [0.717, 1.165) is 50.7 Å². The number of hydrogen-bond donors (Lipinski definition) is 2. The van der Waals surface area contributed by atoms with Crippen molar-refractivity contribution in [3.05, 3.63) is 41.7 Å². The van der Waals surface area contributed by atoms with Gasteiger partial charge in [0.1, 0.15) is 17.5 Å². The third kappa shape index (κ3) is 5.90. The number of halogens is 1. The van der Waals surface area contributed by atoms with E-state index in [1.807, 2.05) is 12.1 Å². The molecule has 2 aromatic rings. The van der Waals surface area contributed by atoms with Gasteiger partial charge in [-0.3, -0.25) is 0 Å². The van der Waals surface area contributed by atoms with E-state index in [1.165, 1.54) is 50.5 Å². The second kappa shape index (κ2) is 11.3. The number of benzene rings is 1. The molecule has 1 saturated carbocycles. The Morgan fingerprint density at radius 1 is 0.972 bits per heavy atom. The third-order valence-electron chi connectivity index (χ3n) is 8.19. The van der Waals surface area contributed by atoms with Crippen LogP contribution in [0.5, 0.6) is 0 Å². The van der Waals surface area contributed by atoms with E-state index in [4.69, 9.17) is 22.2 Å². The van der Waals surface area contributed by atoms with Crippen molar-refractivity contribution < 1.29 is 4.39 Å². The Balaban J connectivity index is 1.31. The summed E-state index contributed by atoms with van der Waals surface area (Å²) in [6.45, 7) is 7.16. The predicted molar refractivity (Wildman–Crippen MR) is 149 cm³/mol. The number of aromatic nitrogens is 2. The zero-order chi connectivity index (χ0) is 25.0. The van der Waals surface area contributed by atoms with E-state index in [0.29, 0.717) is 23.5 Å². The van der Waals surface area contributed by atoms with Gasteiger partial charge >= 0.3 is 0 Å². The van der Waals surface area contributed by atoms with E-state index in [-0.39, 0.29) is 11.2 Å². The summed E-state index contributed by atoms with van der Waals surface area (Å²) in [6.07, 6.45) is 10.7. The molecule has 1 unspecified atom stereocenters. The van der Waals surface area contributed by atoms with Crippen molar-refractivity contribution >= 4 is 34.9 Å². The molecule has 1 aromatic heterocycles. The van der Waals surface area contributed by atoms with Gasteiger partial charge in [-0.05, 0) is 80.8 Å². The topological polar surface area (TPSA) is 56.3 Å². The fourth-order valence-electron chi connectivity index (χ4n) is 6.14. The summed E-state index contributed by atoms with van der Waals surface area (Å²) in [5.74, 6) is 3.01. The van der Waals surface area contributed by atoms with Crippen LogP contribution in [0.3, 0.4) is 0 Å². The number of rotatable bonds is 6. The monoisotopic (exact) mass is 510 g/mol. The summed E-state index contributed by atoms with van der Waals surface area (Å²) in [7, 11) is 0. The Morgan fingerprint density at radius 2 is 1.64 bits per heavy atom. The van der Waals surface area contributed by atoms with Gasteiger partial charge in [0.15, 0.2) is 5.11 Å². The largest absolute Gasteiger partial charge is 0.361 e. The third-order valence-corrected chi connectivity index (χ3v) is 8.44. The first-order valence-electron chi connectivity index (χ1n) is 13.7. The number of nitrogens with zero attached hydrogens (tertiary/aromatic N) is 4. The highest BCUT2D eigenvalue weighted by Gasteiger charge is 2.35. The lowest BCUT2D eigenvalue weighted by Crippen LogP contribution is -2.41. The van der Waals surface area contributed by atoms with Crippen molar-refractivity contribution in [1.29, 1.82) is 0 Å². The minimum atomic E-state index is -0.193. The van der Waals surface area contributed by atoms with Crippen LogP contribution in [0.25, 0.3) is 0 Å². The number of anilines is 3. The fraction of sp³-hybridized carbons (Fsp3) is 0.607. The molecule has 2 N–H and O–H groups in total. The Kier molecular flexibility index (Phi) is 7.89. The van der Waals surface area contributed by atoms with E-state index >= 15 is 0 Å². The van der Waals surface area contributed by atoms with Crippen LogP contribution in [0, 0.1) is 11.7 Å². The highest BCUT2D eigenvalue weighted by Crippen LogP contribution is 2.40.